The Morgan fingerprint density at radius 3 is 2.74 bits per heavy atom. The Morgan fingerprint density at radius 2 is 1.87 bits per heavy atom. The monoisotopic (exact) mass is 417 g/mol. The van der Waals surface area contributed by atoms with Gasteiger partial charge in [0.15, 0.2) is 6.10 Å². The number of hydrogen-bond acceptors (Lipinski definition) is 5. The number of ether oxygens (including phenoxy) is 1. The third-order valence-corrected chi connectivity index (χ3v) is 6.06. The first kappa shape index (κ1) is 19.5. The maximum atomic E-state index is 13.0. The molecular formula is C24H23N3O4. The number of nitrogens with zero attached hydrogens (tertiary/aromatic N) is 3. The molecule has 3 aromatic rings. The molecule has 31 heavy (non-hydrogen) atoms. The molecule has 1 atom stereocenters. The van der Waals surface area contributed by atoms with E-state index in [1.165, 1.54) is 0 Å². The summed E-state index contributed by atoms with van der Waals surface area (Å²) in [7, 11) is 0. The van der Waals surface area contributed by atoms with Crippen molar-refractivity contribution < 1.29 is 14.3 Å². The van der Waals surface area contributed by atoms with Crippen LogP contribution in [-0.4, -0.2) is 34.1 Å². The summed E-state index contributed by atoms with van der Waals surface area (Å²) in [5, 5.41) is 0.483. The topological polar surface area (TPSA) is 81.5 Å². The van der Waals surface area contributed by atoms with Crippen LogP contribution in [0.3, 0.4) is 0 Å². The Morgan fingerprint density at radius 1 is 1.06 bits per heavy atom. The van der Waals surface area contributed by atoms with Crippen LogP contribution >= 0.6 is 0 Å². The molecule has 0 spiro atoms. The Labute approximate surface area is 179 Å². The van der Waals surface area contributed by atoms with Crippen molar-refractivity contribution in [3.05, 3.63) is 69.8 Å². The third kappa shape index (κ3) is 3.40. The van der Waals surface area contributed by atoms with Crippen LogP contribution in [0, 0.1) is 0 Å². The maximum Gasteiger partial charge on any atom is 0.338 e. The molecule has 0 bridgehead atoms. The summed E-state index contributed by atoms with van der Waals surface area (Å²) in [6, 6.07) is 12.6. The van der Waals surface area contributed by atoms with Crippen LogP contribution in [0.5, 0.6) is 0 Å². The summed E-state index contributed by atoms with van der Waals surface area (Å²) in [5.41, 5.74) is 2.69. The smallest absolute Gasteiger partial charge is 0.338 e. The number of carbonyl (C=O) groups excluding carboxylic acids is 2. The lowest BCUT2D eigenvalue weighted by Crippen LogP contribution is -2.42. The third-order valence-electron chi connectivity index (χ3n) is 6.06. The fourth-order valence-electron chi connectivity index (χ4n) is 4.47. The van der Waals surface area contributed by atoms with Gasteiger partial charge in [-0.05, 0) is 56.0 Å². The first-order chi connectivity index (χ1) is 15.0. The Bertz CT molecular complexity index is 1260. The number of aromatic nitrogens is 2. The number of amides is 1. The van der Waals surface area contributed by atoms with Gasteiger partial charge in [0.2, 0.25) is 0 Å². The molecule has 1 amide bonds. The van der Waals surface area contributed by atoms with Gasteiger partial charge in [-0.25, -0.2) is 9.78 Å². The molecule has 0 saturated carbocycles. The van der Waals surface area contributed by atoms with Gasteiger partial charge in [0.25, 0.3) is 11.5 Å². The first-order valence-electron chi connectivity index (χ1n) is 10.7. The summed E-state index contributed by atoms with van der Waals surface area (Å²) in [5.74, 6) is -0.0961. The number of esters is 1. The molecule has 7 heteroatoms. The number of anilines is 1. The van der Waals surface area contributed by atoms with Gasteiger partial charge >= 0.3 is 5.97 Å². The van der Waals surface area contributed by atoms with Crippen molar-refractivity contribution in [2.45, 2.75) is 45.3 Å². The second-order valence-electron chi connectivity index (χ2n) is 8.09. The van der Waals surface area contributed by atoms with E-state index in [0.717, 1.165) is 42.8 Å². The average molecular weight is 417 g/mol. The van der Waals surface area contributed by atoms with Crippen LogP contribution in [0.2, 0.25) is 0 Å². The van der Waals surface area contributed by atoms with E-state index >= 15 is 0 Å². The van der Waals surface area contributed by atoms with Crippen molar-refractivity contribution in [3.63, 3.8) is 0 Å². The van der Waals surface area contributed by atoms with Crippen LogP contribution in [0.1, 0.15) is 41.5 Å². The molecule has 5 rings (SSSR count). The van der Waals surface area contributed by atoms with E-state index in [9.17, 15) is 14.4 Å². The highest BCUT2D eigenvalue weighted by atomic mass is 16.5. The van der Waals surface area contributed by atoms with E-state index in [2.05, 4.69) is 4.98 Å². The van der Waals surface area contributed by atoms with Crippen molar-refractivity contribution in [1.29, 1.82) is 0 Å². The summed E-state index contributed by atoms with van der Waals surface area (Å²) in [6.45, 7) is 2.88. The predicted molar refractivity (Wildman–Crippen MR) is 116 cm³/mol. The largest absolute Gasteiger partial charge is 0.449 e. The average Bonchev–Trinajstić information content (AvgIpc) is 3.26. The Hall–Kier alpha value is -3.48. The van der Waals surface area contributed by atoms with Crippen molar-refractivity contribution in [1.82, 2.24) is 9.55 Å². The van der Waals surface area contributed by atoms with Gasteiger partial charge in [0, 0.05) is 25.2 Å². The number of fused-ring (bicyclic) bond motifs is 3. The minimum atomic E-state index is -0.923. The van der Waals surface area contributed by atoms with Crippen LogP contribution in [0.25, 0.3) is 10.9 Å². The lowest BCUT2D eigenvalue weighted by Gasteiger charge is -2.31. The molecule has 0 saturated heterocycles. The van der Waals surface area contributed by atoms with Crippen LogP contribution in [-0.2, 0) is 28.9 Å². The summed E-state index contributed by atoms with van der Waals surface area (Å²) >= 11 is 0. The second kappa shape index (κ2) is 7.65. The summed E-state index contributed by atoms with van der Waals surface area (Å²) in [6.07, 6.45) is 2.53. The molecule has 0 radical (unpaired) electrons. The second-order valence-corrected chi connectivity index (χ2v) is 8.09. The fourth-order valence-corrected chi connectivity index (χ4v) is 4.47. The van der Waals surface area contributed by atoms with Gasteiger partial charge in [0.05, 0.1) is 16.5 Å². The maximum absolute atomic E-state index is 13.0. The molecule has 2 aliphatic heterocycles. The number of aryl methyl sites for hydroxylation is 2. The summed E-state index contributed by atoms with van der Waals surface area (Å²) < 4.78 is 7.19. The van der Waals surface area contributed by atoms with E-state index in [1.54, 1.807) is 34.6 Å². The van der Waals surface area contributed by atoms with E-state index in [1.807, 2.05) is 24.3 Å². The van der Waals surface area contributed by atoms with Gasteiger partial charge in [-0.2, -0.15) is 0 Å². The van der Waals surface area contributed by atoms with E-state index in [-0.39, 0.29) is 17.0 Å². The molecule has 2 aliphatic rings. The van der Waals surface area contributed by atoms with Gasteiger partial charge < -0.3 is 9.64 Å². The van der Waals surface area contributed by atoms with Gasteiger partial charge in [-0.15, -0.1) is 0 Å². The fraction of sp³-hybridized carbons (Fsp3) is 0.333. The van der Waals surface area contributed by atoms with Crippen molar-refractivity contribution in [2.75, 3.05) is 11.4 Å². The van der Waals surface area contributed by atoms with Gasteiger partial charge in [-0.1, -0.05) is 18.2 Å². The number of benzene rings is 2. The zero-order valence-electron chi connectivity index (χ0n) is 17.3. The highest BCUT2D eigenvalue weighted by Crippen LogP contribution is 2.27. The van der Waals surface area contributed by atoms with Crippen molar-refractivity contribution in [2.24, 2.45) is 0 Å². The minimum Gasteiger partial charge on any atom is -0.449 e. The van der Waals surface area contributed by atoms with Crippen LogP contribution in [0.4, 0.5) is 5.69 Å². The van der Waals surface area contributed by atoms with Crippen molar-refractivity contribution >= 4 is 28.5 Å². The van der Waals surface area contributed by atoms with Crippen LogP contribution in [0.15, 0.2) is 47.3 Å². The summed E-state index contributed by atoms with van der Waals surface area (Å²) in [4.78, 5) is 44.6. The molecule has 1 aromatic heterocycles. The molecule has 2 aromatic carbocycles. The molecular weight excluding hydrogens is 394 g/mol. The highest BCUT2D eigenvalue weighted by molar-refractivity contribution is 6.00. The van der Waals surface area contributed by atoms with E-state index in [0.29, 0.717) is 24.0 Å². The number of carbonyl (C=O) groups is 2. The molecule has 7 nitrogen and oxygen atoms in total. The number of rotatable bonds is 3. The van der Waals surface area contributed by atoms with Gasteiger partial charge in [0.1, 0.15) is 5.82 Å². The molecule has 158 valence electrons. The first-order valence-corrected chi connectivity index (χ1v) is 10.7. The Balaban J connectivity index is 1.36. The van der Waals surface area contributed by atoms with Gasteiger partial charge in [-0.3, -0.25) is 14.2 Å². The zero-order valence-corrected chi connectivity index (χ0v) is 17.3. The molecule has 0 aliphatic carbocycles. The quantitative estimate of drug-likeness (QED) is 0.612. The zero-order chi connectivity index (χ0) is 21.5. The standard InChI is InChI=1S/C24H23N3O4/c1-15(22(28)26-12-4-7-16-6-2-3-8-20(16)26)31-24(30)17-10-11-18-19(14-17)25-21-9-5-13-27(21)23(18)29/h2-3,6,8,10-11,14-15H,4-5,7,9,12-13H2,1H3/t15-/m0/s1. The lowest BCUT2D eigenvalue weighted by atomic mass is 10.0. The normalized spacial score (nSPS) is 16.0. The molecule has 0 N–H and O–H groups in total. The number of hydrogen-bond donors (Lipinski definition) is 0. The molecule has 0 unspecified atom stereocenters. The van der Waals surface area contributed by atoms with Crippen LogP contribution < -0.4 is 10.5 Å². The highest BCUT2D eigenvalue weighted by Gasteiger charge is 2.29. The molecule has 3 heterocycles. The molecule has 0 fully saturated rings. The minimum absolute atomic E-state index is 0.0790. The SMILES string of the molecule is C[C@H](OC(=O)c1ccc2c(=O)n3c(nc2c1)CCC3)C(=O)N1CCCc2ccccc21. The van der Waals surface area contributed by atoms with Crippen molar-refractivity contribution in [3.8, 4) is 0 Å². The van der Waals surface area contributed by atoms with E-state index < -0.39 is 12.1 Å². The number of para-hydroxylation sites is 1. The Kier molecular flexibility index (Phi) is 4.81. The van der Waals surface area contributed by atoms with E-state index in [4.69, 9.17) is 4.74 Å². The lowest BCUT2D eigenvalue weighted by molar-refractivity contribution is -0.126. The predicted octanol–water partition coefficient (Wildman–Crippen LogP) is 2.87.